The van der Waals surface area contributed by atoms with E-state index in [1.54, 1.807) is 6.07 Å². The first-order chi connectivity index (χ1) is 9.65. The van der Waals surface area contributed by atoms with Crippen molar-refractivity contribution >= 4 is 11.6 Å². The number of halogens is 1. The third-order valence-corrected chi connectivity index (χ3v) is 2.85. The number of hydrogen-bond donors (Lipinski definition) is 3. The summed E-state index contributed by atoms with van der Waals surface area (Å²) < 4.78 is 18.4. The van der Waals surface area contributed by atoms with Gasteiger partial charge in [-0.1, -0.05) is 12.1 Å². The molecular formula is C13H16FN5O. The molecule has 0 bridgehead atoms. The summed E-state index contributed by atoms with van der Waals surface area (Å²) in [6, 6.07) is 6.20. The molecule has 0 amide bonds. The van der Waals surface area contributed by atoms with E-state index in [0.717, 1.165) is 5.56 Å². The van der Waals surface area contributed by atoms with Gasteiger partial charge in [-0.25, -0.2) is 20.2 Å². The van der Waals surface area contributed by atoms with Gasteiger partial charge in [0.25, 0.3) is 0 Å². The highest BCUT2D eigenvalue weighted by Crippen LogP contribution is 2.30. The Labute approximate surface area is 116 Å². The van der Waals surface area contributed by atoms with Crippen LogP contribution in [-0.2, 0) is 0 Å². The van der Waals surface area contributed by atoms with Gasteiger partial charge in [0.05, 0.1) is 13.2 Å². The number of methoxy groups -OCH3 is 1. The predicted octanol–water partition coefficient (Wildman–Crippen LogP) is 2.08. The van der Waals surface area contributed by atoms with Crippen LogP contribution in [0.3, 0.4) is 0 Å². The summed E-state index contributed by atoms with van der Waals surface area (Å²) in [6.07, 6.45) is 1.36. The van der Waals surface area contributed by atoms with Gasteiger partial charge in [-0.15, -0.1) is 0 Å². The number of benzene rings is 1. The minimum Gasteiger partial charge on any atom is -0.490 e. The lowest BCUT2D eigenvalue weighted by atomic mass is 10.1. The molecule has 0 saturated carbocycles. The molecule has 2 aromatic rings. The van der Waals surface area contributed by atoms with E-state index >= 15 is 0 Å². The zero-order valence-corrected chi connectivity index (χ0v) is 11.2. The van der Waals surface area contributed by atoms with Gasteiger partial charge in [0.2, 0.25) is 5.75 Å². The lowest BCUT2D eigenvalue weighted by Crippen LogP contribution is -2.14. The number of ether oxygens (including phenoxy) is 1. The lowest BCUT2D eigenvalue weighted by Gasteiger charge is -2.18. The highest BCUT2D eigenvalue weighted by Gasteiger charge is 2.14. The number of aromatic nitrogens is 2. The van der Waals surface area contributed by atoms with E-state index in [-0.39, 0.29) is 11.9 Å². The molecule has 6 nitrogen and oxygen atoms in total. The topological polar surface area (TPSA) is 85.1 Å². The molecule has 2 rings (SSSR count). The molecule has 0 aliphatic carbocycles. The molecule has 0 aliphatic heterocycles. The van der Waals surface area contributed by atoms with E-state index in [4.69, 9.17) is 10.6 Å². The van der Waals surface area contributed by atoms with Crippen molar-refractivity contribution < 1.29 is 9.13 Å². The summed E-state index contributed by atoms with van der Waals surface area (Å²) >= 11 is 0. The Hall–Kier alpha value is -2.41. The SMILES string of the molecule is COc1c(NN)ncnc1NC(C)c1cccc(F)c1. The molecule has 1 atom stereocenters. The van der Waals surface area contributed by atoms with Crippen molar-refractivity contribution in [3.63, 3.8) is 0 Å². The number of hydrazine groups is 1. The highest BCUT2D eigenvalue weighted by molar-refractivity contribution is 5.63. The van der Waals surface area contributed by atoms with Crippen LogP contribution in [0.5, 0.6) is 5.75 Å². The predicted molar refractivity (Wildman–Crippen MR) is 74.8 cm³/mol. The second-order valence-electron chi connectivity index (χ2n) is 4.17. The van der Waals surface area contributed by atoms with Crippen molar-refractivity contribution in [3.8, 4) is 5.75 Å². The van der Waals surface area contributed by atoms with Gasteiger partial charge in [0.15, 0.2) is 11.6 Å². The molecule has 1 heterocycles. The van der Waals surface area contributed by atoms with Crippen molar-refractivity contribution in [1.82, 2.24) is 9.97 Å². The minimum atomic E-state index is -0.282. The standard InChI is InChI=1S/C13H16FN5O/c1-8(9-4-3-5-10(14)6-9)18-12-11(20-2)13(19-15)17-7-16-12/h3-8H,15H2,1-2H3,(H2,16,17,18,19). The third-order valence-electron chi connectivity index (χ3n) is 2.85. The quantitative estimate of drug-likeness (QED) is 0.573. The first kappa shape index (κ1) is 14.0. The molecule has 1 unspecified atom stereocenters. The minimum absolute atomic E-state index is 0.153. The number of anilines is 2. The van der Waals surface area contributed by atoms with Gasteiger partial charge < -0.3 is 15.5 Å². The molecule has 4 N–H and O–H groups in total. The molecule has 1 aromatic heterocycles. The monoisotopic (exact) mass is 277 g/mol. The van der Waals surface area contributed by atoms with E-state index < -0.39 is 0 Å². The molecule has 0 saturated heterocycles. The van der Waals surface area contributed by atoms with Crippen molar-refractivity contribution in [2.45, 2.75) is 13.0 Å². The fraction of sp³-hybridized carbons (Fsp3) is 0.231. The van der Waals surface area contributed by atoms with Crippen LogP contribution in [0.25, 0.3) is 0 Å². The number of hydrogen-bond acceptors (Lipinski definition) is 6. The van der Waals surface area contributed by atoms with Crippen LogP contribution in [0, 0.1) is 5.82 Å². The fourth-order valence-corrected chi connectivity index (χ4v) is 1.84. The Morgan fingerprint density at radius 2 is 2.05 bits per heavy atom. The van der Waals surface area contributed by atoms with Gasteiger partial charge >= 0.3 is 0 Å². The molecule has 0 fully saturated rings. The number of nitrogen functional groups attached to an aromatic ring is 1. The summed E-state index contributed by atoms with van der Waals surface area (Å²) in [4.78, 5) is 8.06. The molecular weight excluding hydrogens is 261 g/mol. The Morgan fingerprint density at radius 1 is 1.30 bits per heavy atom. The fourth-order valence-electron chi connectivity index (χ4n) is 1.84. The number of rotatable bonds is 5. The molecule has 106 valence electrons. The summed E-state index contributed by atoms with van der Waals surface area (Å²) in [5.74, 6) is 6.33. The molecule has 0 radical (unpaired) electrons. The number of nitrogens with zero attached hydrogens (tertiary/aromatic N) is 2. The Balaban J connectivity index is 2.25. The smallest absolute Gasteiger partial charge is 0.205 e. The lowest BCUT2D eigenvalue weighted by molar-refractivity contribution is 0.414. The molecule has 1 aromatic carbocycles. The van der Waals surface area contributed by atoms with E-state index in [1.807, 2.05) is 13.0 Å². The summed E-state index contributed by atoms with van der Waals surface area (Å²) in [7, 11) is 1.50. The maximum atomic E-state index is 13.2. The maximum absolute atomic E-state index is 13.2. The summed E-state index contributed by atoms with van der Waals surface area (Å²) in [5.41, 5.74) is 3.23. The van der Waals surface area contributed by atoms with E-state index in [2.05, 4.69) is 20.7 Å². The molecule has 20 heavy (non-hydrogen) atoms. The molecule has 0 spiro atoms. The number of nitrogens with one attached hydrogen (secondary N) is 2. The van der Waals surface area contributed by atoms with Crippen molar-refractivity contribution in [2.75, 3.05) is 17.9 Å². The Morgan fingerprint density at radius 3 is 2.70 bits per heavy atom. The van der Waals surface area contributed by atoms with Crippen LogP contribution < -0.4 is 21.3 Å². The largest absolute Gasteiger partial charge is 0.490 e. The van der Waals surface area contributed by atoms with Gasteiger partial charge in [-0.2, -0.15) is 0 Å². The van der Waals surface area contributed by atoms with Crippen molar-refractivity contribution in [2.24, 2.45) is 5.84 Å². The third kappa shape index (κ3) is 2.94. The van der Waals surface area contributed by atoms with E-state index in [1.165, 1.54) is 25.6 Å². The van der Waals surface area contributed by atoms with Crippen LogP contribution in [-0.4, -0.2) is 17.1 Å². The highest BCUT2D eigenvalue weighted by atomic mass is 19.1. The van der Waals surface area contributed by atoms with Crippen LogP contribution in [0.15, 0.2) is 30.6 Å². The van der Waals surface area contributed by atoms with E-state index in [0.29, 0.717) is 17.4 Å². The van der Waals surface area contributed by atoms with Crippen LogP contribution >= 0.6 is 0 Å². The van der Waals surface area contributed by atoms with Crippen LogP contribution in [0.4, 0.5) is 16.0 Å². The summed E-state index contributed by atoms with van der Waals surface area (Å²) in [5, 5.41) is 3.14. The van der Waals surface area contributed by atoms with Gasteiger partial charge in [0, 0.05) is 0 Å². The second kappa shape index (κ2) is 6.16. The van der Waals surface area contributed by atoms with Crippen LogP contribution in [0.1, 0.15) is 18.5 Å². The zero-order chi connectivity index (χ0) is 14.5. The first-order valence-electron chi connectivity index (χ1n) is 6.03. The van der Waals surface area contributed by atoms with Crippen molar-refractivity contribution in [1.29, 1.82) is 0 Å². The van der Waals surface area contributed by atoms with Crippen LogP contribution in [0.2, 0.25) is 0 Å². The Kier molecular flexibility index (Phi) is 4.31. The zero-order valence-electron chi connectivity index (χ0n) is 11.2. The normalized spacial score (nSPS) is 11.8. The summed E-state index contributed by atoms with van der Waals surface area (Å²) in [6.45, 7) is 1.89. The van der Waals surface area contributed by atoms with Gasteiger partial charge in [0.1, 0.15) is 12.1 Å². The second-order valence-corrected chi connectivity index (χ2v) is 4.17. The Bertz CT molecular complexity index is 593. The first-order valence-corrected chi connectivity index (χ1v) is 6.03. The average molecular weight is 277 g/mol. The average Bonchev–Trinajstić information content (AvgIpc) is 2.46. The van der Waals surface area contributed by atoms with E-state index in [9.17, 15) is 4.39 Å². The van der Waals surface area contributed by atoms with Gasteiger partial charge in [-0.05, 0) is 24.6 Å². The van der Waals surface area contributed by atoms with Gasteiger partial charge in [-0.3, -0.25) is 0 Å². The molecule has 7 heteroatoms. The van der Waals surface area contributed by atoms with Crippen molar-refractivity contribution in [3.05, 3.63) is 42.0 Å². The molecule has 0 aliphatic rings. The number of nitrogens with two attached hydrogens (primary N) is 1. The maximum Gasteiger partial charge on any atom is 0.205 e.